The number of fused-ring (bicyclic) bond motifs is 1. The minimum Gasteiger partial charge on any atom is -0.381 e. The summed E-state index contributed by atoms with van der Waals surface area (Å²) in [6.07, 6.45) is 4.50. The molecular weight excluding hydrogens is 224 g/mol. The first kappa shape index (κ1) is 11.8. The third-order valence-corrected chi connectivity index (χ3v) is 3.76. The first-order chi connectivity index (χ1) is 8.93. The number of hydrogen-bond acceptors (Lipinski definition) is 2. The van der Waals surface area contributed by atoms with Gasteiger partial charge < -0.3 is 15.0 Å². The van der Waals surface area contributed by atoms with Crippen molar-refractivity contribution in [2.45, 2.75) is 19.4 Å². The van der Waals surface area contributed by atoms with Gasteiger partial charge in [-0.05, 0) is 36.9 Å². The van der Waals surface area contributed by atoms with Crippen LogP contribution in [0.4, 0.5) is 0 Å². The van der Waals surface area contributed by atoms with Gasteiger partial charge in [0.1, 0.15) is 0 Å². The van der Waals surface area contributed by atoms with E-state index in [1.165, 1.54) is 29.3 Å². The zero-order valence-electron chi connectivity index (χ0n) is 10.6. The highest BCUT2D eigenvalue weighted by atomic mass is 16.5. The summed E-state index contributed by atoms with van der Waals surface area (Å²) in [7, 11) is 0. The summed E-state index contributed by atoms with van der Waals surface area (Å²) in [5.74, 6) is 0.781. The quantitative estimate of drug-likeness (QED) is 0.867. The van der Waals surface area contributed by atoms with E-state index in [0.717, 1.165) is 32.2 Å². The molecule has 0 amide bonds. The van der Waals surface area contributed by atoms with Crippen molar-refractivity contribution in [2.24, 2.45) is 5.92 Å². The van der Waals surface area contributed by atoms with Crippen LogP contribution in [0.3, 0.4) is 0 Å². The lowest BCUT2D eigenvalue weighted by atomic mass is 10.0. The number of rotatable bonds is 4. The van der Waals surface area contributed by atoms with Gasteiger partial charge in [0.05, 0.1) is 0 Å². The summed E-state index contributed by atoms with van der Waals surface area (Å²) >= 11 is 0. The van der Waals surface area contributed by atoms with Crippen molar-refractivity contribution in [2.75, 3.05) is 19.8 Å². The highest BCUT2D eigenvalue weighted by Gasteiger charge is 2.13. The Morgan fingerprint density at radius 1 is 1.22 bits per heavy atom. The molecule has 3 nitrogen and oxygen atoms in total. The number of nitrogens with one attached hydrogen (secondary N) is 2. The van der Waals surface area contributed by atoms with E-state index in [-0.39, 0.29) is 0 Å². The van der Waals surface area contributed by atoms with Gasteiger partial charge in [-0.25, -0.2) is 0 Å². The van der Waals surface area contributed by atoms with E-state index in [1.54, 1.807) is 0 Å². The average molecular weight is 244 g/mol. The monoisotopic (exact) mass is 244 g/mol. The maximum absolute atomic E-state index is 5.38. The Kier molecular flexibility index (Phi) is 3.62. The maximum Gasteiger partial charge on any atom is 0.0469 e. The third kappa shape index (κ3) is 2.57. The highest BCUT2D eigenvalue weighted by molar-refractivity contribution is 5.82. The molecule has 2 N–H and O–H groups in total. The molecule has 0 saturated carbocycles. The Morgan fingerprint density at radius 2 is 2.06 bits per heavy atom. The van der Waals surface area contributed by atoms with E-state index in [0.29, 0.717) is 0 Å². The Morgan fingerprint density at radius 3 is 2.94 bits per heavy atom. The van der Waals surface area contributed by atoms with Crippen molar-refractivity contribution in [1.82, 2.24) is 10.3 Å². The van der Waals surface area contributed by atoms with Crippen LogP contribution >= 0.6 is 0 Å². The first-order valence-electron chi connectivity index (χ1n) is 6.77. The molecule has 0 spiro atoms. The molecule has 96 valence electrons. The molecule has 1 saturated heterocycles. The minimum absolute atomic E-state index is 0.781. The molecule has 1 aromatic carbocycles. The highest BCUT2D eigenvalue weighted by Crippen LogP contribution is 2.18. The van der Waals surface area contributed by atoms with Crippen LogP contribution in [-0.4, -0.2) is 24.7 Å². The van der Waals surface area contributed by atoms with Gasteiger partial charge in [0.2, 0.25) is 0 Å². The van der Waals surface area contributed by atoms with E-state index < -0.39 is 0 Å². The smallest absolute Gasteiger partial charge is 0.0469 e. The van der Waals surface area contributed by atoms with Crippen molar-refractivity contribution < 1.29 is 4.74 Å². The normalized spacial score (nSPS) is 17.3. The molecule has 0 radical (unpaired) electrons. The molecule has 1 fully saturated rings. The van der Waals surface area contributed by atoms with Gasteiger partial charge in [0.25, 0.3) is 0 Å². The Labute approximate surface area is 108 Å². The van der Waals surface area contributed by atoms with E-state index in [4.69, 9.17) is 4.74 Å². The lowest BCUT2D eigenvalue weighted by Crippen LogP contribution is -2.27. The summed E-state index contributed by atoms with van der Waals surface area (Å²) < 4.78 is 5.38. The van der Waals surface area contributed by atoms with E-state index in [1.807, 2.05) is 0 Å². The van der Waals surface area contributed by atoms with Crippen molar-refractivity contribution in [3.8, 4) is 0 Å². The maximum atomic E-state index is 5.38. The molecule has 18 heavy (non-hydrogen) atoms. The molecule has 1 aromatic heterocycles. The summed E-state index contributed by atoms with van der Waals surface area (Å²) in [5, 5.41) is 4.90. The second-order valence-electron chi connectivity index (χ2n) is 5.05. The molecule has 2 heterocycles. The van der Waals surface area contributed by atoms with Gasteiger partial charge in [0.15, 0.2) is 0 Å². The zero-order chi connectivity index (χ0) is 12.2. The van der Waals surface area contributed by atoms with Crippen LogP contribution in [0.15, 0.2) is 30.5 Å². The molecule has 0 unspecified atom stereocenters. The standard InChI is InChI=1S/C15H20N2O/c1-2-4-15-14(3-1)13(11-17-15)10-16-9-12-5-7-18-8-6-12/h1-4,11-12,16-17H,5-10H2. The van der Waals surface area contributed by atoms with Gasteiger partial charge >= 0.3 is 0 Å². The number of benzene rings is 1. The molecule has 1 aliphatic rings. The molecule has 2 aromatic rings. The van der Waals surface area contributed by atoms with Crippen LogP contribution < -0.4 is 5.32 Å². The summed E-state index contributed by atoms with van der Waals surface area (Å²) in [6, 6.07) is 8.46. The summed E-state index contributed by atoms with van der Waals surface area (Å²) in [5.41, 5.74) is 2.58. The number of para-hydroxylation sites is 1. The van der Waals surface area contributed by atoms with Crippen LogP contribution in [0.1, 0.15) is 18.4 Å². The third-order valence-electron chi connectivity index (χ3n) is 3.76. The SMILES string of the molecule is c1ccc2c(CNCC3CCOCC3)c[nH]c2c1. The average Bonchev–Trinajstić information content (AvgIpc) is 2.84. The lowest BCUT2D eigenvalue weighted by molar-refractivity contribution is 0.0662. The molecule has 0 atom stereocenters. The predicted octanol–water partition coefficient (Wildman–Crippen LogP) is 2.68. The second kappa shape index (κ2) is 5.55. The summed E-state index contributed by atoms with van der Waals surface area (Å²) in [6.45, 7) is 3.91. The number of hydrogen-bond donors (Lipinski definition) is 2. The molecule has 3 heteroatoms. The fraction of sp³-hybridized carbons (Fsp3) is 0.467. The zero-order valence-corrected chi connectivity index (χ0v) is 10.6. The van der Waals surface area contributed by atoms with Gasteiger partial charge in [-0.2, -0.15) is 0 Å². The Hall–Kier alpha value is -1.32. The molecule has 0 bridgehead atoms. The molecule has 0 aliphatic carbocycles. The van der Waals surface area contributed by atoms with Crippen LogP contribution in [0.25, 0.3) is 10.9 Å². The minimum atomic E-state index is 0.781. The van der Waals surface area contributed by atoms with Gasteiger partial charge in [-0.15, -0.1) is 0 Å². The number of ether oxygens (including phenoxy) is 1. The van der Waals surface area contributed by atoms with E-state index >= 15 is 0 Å². The van der Waals surface area contributed by atoms with Gasteiger partial charge in [-0.3, -0.25) is 0 Å². The van der Waals surface area contributed by atoms with Crippen LogP contribution in [-0.2, 0) is 11.3 Å². The fourth-order valence-corrected chi connectivity index (χ4v) is 2.64. The second-order valence-corrected chi connectivity index (χ2v) is 5.05. The molecular formula is C15H20N2O. The fourth-order valence-electron chi connectivity index (χ4n) is 2.64. The largest absolute Gasteiger partial charge is 0.381 e. The van der Waals surface area contributed by atoms with Gasteiger partial charge in [-0.1, -0.05) is 18.2 Å². The molecule has 3 rings (SSSR count). The van der Waals surface area contributed by atoms with Gasteiger partial charge in [0, 0.05) is 36.9 Å². The van der Waals surface area contributed by atoms with Crippen molar-refractivity contribution >= 4 is 10.9 Å². The summed E-state index contributed by atoms with van der Waals surface area (Å²) in [4.78, 5) is 3.32. The predicted molar refractivity (Wildman–Crippen MR) is 73.5 cm³/mol. The van der Waals surface area contributed by atoms with Crippen molar-refractivity contribution in [3.05, 3.63) is 36.0 Å². The van der Waals surface area contributed by atoms with E-state index in [9.17, 15) is 0 Å². The van der Waals surface area contributed by atoms with Crippen LogP contribution in [0.5, 0.6) is 0 Å². The first-order valence-corrected chi connectivity index (χ1v) is 6.77. The lowest BCUT2D eigenvalue weighted by Gasteiger charge is -2.22. The van der Waals surface area contributed by atoms with Crippen LogP contribution in [0, 0.1) is 5.92 Å². The van der Waals surface area contributed by atoms with Crippen molar-refractivity contribution in [1.29, 1.82) is 0 Å². The molecule has 1 aliphatic heterocycles. The van der Waals surface area contributed by atoms with Crippen LogP contribution in [0.2, 0.25) is 0 Å². The Balaban J connectivity index is 1.56. The topological polar surface area (TPSA) is 37.0 Å². The number of aromatic amines is 1. The Bertz CT molecular complexity index is 500. The number of aromatic nitrogens is 1. The van der Waals surface area contributed by atoms with Crippen molar-refractivity contribution in [3.63, 3.8) is 0 Å². The van der Waals surface area contributed by atoms with E-state index in [2.05, 4.69) is 40.8 Å². The number of H-pyrrole nitrogens is 1.